The molecule has 0 atom stereocenters. The minimum Gasteiger partial charge on any atom is -0.483 e. The SMILES string of the molecule is CCOC(=O)Oc1ccc(C(=O)Nc2ccccc2NC(=O)COc2ccc(C)cc2C(C)(C)C)cc1. The van der Waals surface area contributed by atoms with E-state index in [0.717, 1.165) is 11.1 Å². The molecule has 0 fully saturated rings. The Morgan fingerprint density at radius 1 is 0.865 bits per heavy atom. The van der Waals surface area contributed by atoms with Crippen LogP contribution in [0.4, 0.5) is 16.2 Å². The average Bonchev–Trinajstić information content (AvgIpc) is 2.84. The second-order valence-electron chi connectivity index (χ2n) is 9.40. The number of amides is 2. The molecule has 2 N–H and O–H groups in total. The van der Waals surface area contributed by atoms with Gasteiger partial charge in [0.2, 0.25) is 0 Å². The molecule has 0 aliphatic heterocycles. The van der Waals surface area contributed by atoms with E-state index in [9.17, 15) is 14.4 Å². The number of carbonyl (C=O) groups is 3. The van der Waals surface area contributed by atoms with Crippen molar-refractivity contribution in [1.82, 2.24) is 0 Å². The van der Waals surface area contributed by atoms with Crippen LogP contribution in [0.25, 0.3) is 0 Å². The van der Waals surface area contributed by atoms with Gasteiger partial charge in [-0.1, -0.05) is 50.6 Å². The highest BCUT2D eigenvalue weighted by Gasteiger charge is 2.20. The third kappa shape index (κ3) is 7.83. The normalized spacial score (nSPS) is 10.8. The van der Waals surface area contributed by atoms with Gasteiger partial charge in [0.05, 0.1) is 18.0 Å². The van der Waals surface area contributed by atoms with Crippen molar-refractivity contribution in [3.05, 3.63) is 83.4 Å². The maximum atomic E-state index is 12.8. The van der Waals surface area contributed by atoms with Crippen molar-refractivity contribution in [1.29, 1.82) is 0 Å². The van der Waals surface area contributed by atoms with Gasteiger partial charge in [-0.3, -0.25) is 9.59 Å². The molecule has 0 heterocycles. The molecule has 0 bridgehead atoms. The zero-order valence-corrected chi connectivity index (χ0v) is 21.7. The molecule has 3 rings (SSSR count). The molecule has 3 aromatic carbocycles. The molecule has 2 amide bonds. The van der Waals surface area contributed by atoms with Crippen molar-refractivity contribution in [2.45, 2.75) is 40.0 Å². The van der Waals surface area contributed by atoms with E-state index in [-0.39, 0.29) is 30.3 Å². The highest BCUT2D eigenvalue weighted by molar-refractivity contribution is 6.07. The lowest BCUT2D eigenvalue weighted by molar-refractivity contribution is -0.118. The van der Waals surface area contributed by atoms with Gasteiger partial charge >= 0.3 is 6.16 Å². The number of para-hydroxylation sites is 2. The summed E-state index contributed by atoms with van der Waals surface area (Å²) < 4.78 is 15.6. The highest BCUT2D eigenvalue weighted by atomic mass is 16.7. The van der Waals surface area contributed by atoms with E-state index in [4.69, 9.17) is 14.2 Å². The van der Waals surface area contributed by atoms with Crippen LogP contribution in [-0.2, 0) is 14.9 Å². The molecule has 0 aliphatic rings. The molecule has 0 radical (unpaired) electrons. The summed E-state index contributed by atoms with van der Waals surface area (Å²) in [5, 5.41) is 5.59. The molecule has 8 nitrogen and oxygen atoms in total. The van der Waals surface area contributed by atoms with Gasteiger partial charge in [-0.05, 0) is 67.3 Å². The second kappa shape index (κ2) is 12.1. The molecule has 0 saturated carbocycles. The maximum absolute atomic E-state index is 12.8. The van der Waals surface area contributed by atoms with Gasteiger partial charge in [-0.25, -0.2) is 4.79 Å². The molecule has 3 aromatic rings. The number of hydrogen-bond donors (Lipinski definition) is 2. The van der Waals surface area contributed by atoms with Crippen molar-refractivity contribution in [3.63, 3.8) is 0 Å². The number of benzene rings is 3. The largest absolute Gasteiger partial charge is 0.513 e. The van der Waals surface area contributed by atoms with Crippen LogP contribution in [0.3, 0.4) is 0 Å². The summed E-state index contributed by atoms with van der Waals surface area (Å²) in [5.41, 5.74) is 3.21. The summed E-state index contributed by atoms with van der Waals surface area (Å²) in [6.45, 7) is 9.98. The Hall–Kier alpha value is -4.33. The predicted molar refractivity (Wildman–Crippen MR) is 142 cm³/mol. The Morgan fingerprint density at radius 2 is 1.51 bits per heavy atom. The minimum atomic E-state index is -0.814. The molecule has 0 aromatic heterocycles. The number of rotatable bonds is 8. The van der Waals surface area contributed by atoms with Crippen LogP contribution in [0.1, 0.15) is 49.2 Å². The maximum Gasteiger partial charge on any atom is 0.513 e. The molecule has 0 spiro atoms. The number of ether oxygens (including phenoxy) is 3. The van der Waals surface area contributed by atoms with Gasteiger partial charge in [-0.15, -0.1) is 0 Å². The van der Waals surface area contributed by atoms with Crippen LogP contribution in [0.15, 0.2) is 66.7 Å². The molecule has 0 saturated heterocycles. The van der Waals surface area contributed by atoms with E-state index in [1.54, 1.807) is 31.2 Å². The summed E-state index contributed by atoms with van der Waals surface area (Å²) in [4.78, 5) is 36.9. The third-order valence-corrected chi connectivity index (χ3v) is 5.33. The number of anilines is 2. The molecule has 194 valence electrons. The van der Waals surface area contributed by atoms with Crippen LogP contribution in [0.5, 0.6) is 11.5 Å². The van der Waals surface area contributed by atoms with Gasteiger partial charge in [0.15, 0.2) is 6.61 Å². The first-order chi connectivity index (χ1) is 17.6. The Bertz CT molecular complexity index is 1260. The summed E-state index contributed by atoms with van der Waals surface area (Å²) in [6.07, 6.45) is -0.814. The Labute approximate surface area is 216 Å². The predicted octanol–water partition coefficient (Wildman–Crippen LogP) is 6.10. The Morgan fingerprint density at radius 3 is 2.14 bits per heavy atom. The lowest BCUT2D eigenvalue weighted by Gasteiger charge is -2.23. The van der Waals surface area contributed by atoms with Gasteiger partial charge in [0, 0.05) is 5.56 Å². The van der Waals surface area contributed by atoms with E-state index >= 15 is 0 Å². The van der Waals surface area contributed by atoms with Crippen LogP contribution in [-0.4, -0.2) is 31.2 Å². The third-order valence-electron chi connectivity index (χ3n) is 5.33. The number of hydrogen-bond acceptors (Lipinski definition) is 6. The van der Waals surface area contributed by atoms with Crippen LogP contribution in [0, 0.1) is 6.92 Å². The zero-order valence-electron chi connectivity index (χ0n) is 21.7. The monoisotopic (exact) mass is 504 g/mol. The van der Waals surface area contributed by atoms with Crippen molar-refractivity contribution >= 4 is 29.3 Å². The van der Waals surface area contributed by atoms with Crippen LogP contribution < -0.4 is 20.1 Å². The molecule has 0 aliphatic carbocycles. The van der Waals surface area contributed by atoms with Crippen molar-refractivity contribution in [3.8, 4) is 11.5 Å². The van der Waals surface area contributed by atoms with Crippen molar-refractivity contribution in [2.24, 2.45) is 0 Å². The summed E-state index contributed by atoms with van der Waals surface area (Å²) >= 11 is 0. The number of nitrogens with one attached hydrogen (secondary N) is 2. The fourth-order valence-electron chi connectivity index (χ4n) is 3.50. The van der Waals surface area contributed by atoms with E-state index < -0.39 is 12.1 Å². The van der Waals surface area contributed by atoms with Gasteiger partial charge in [0.25, 0.3) is 11.8 Å². The first-order valence-electron chi connectivity index (χ1n) is 12.0. The smallest absolute Gasteiger partial charge is 0.483 e. The molecule has 8 heteroatoms. The fourth-order valence-corrected chi connectivity index (χ4v) is 3.50. The lowest BCUT2D eigenvalue weighted by atomic mass is 9.85. The van der Waals surface area contributed by atoms with Gasteiger partial charge in [-0.2, -0.15) is 0 Å². The fraction of sp³-hybridized carbons (Fsp3) is 0.276. The van der Waals surface area contributed by atoms with E-state index in [1.165, 1.54) is 24.3 Å². The van der Waals surface area contributed by atoms with Crippen molar-refractivity contribution < 1.29 is 28.6 Å². The highest BCUT2D eigenvalue weighted by Crippen LogP contribution is 2.32. The van der Waals surface area contributed by atoms with Crippen LogP contribution in [0.2, 0.25) is 0 Å². The van der Waals surface area contributed by atoms with Crippen LogP contribution >= 0.6 is 0 Å². The quantitative estimate of drug-likeness (QED) is 0.284. The topological polar surface area (TPSA) is 103 Å². The minimum absolute atomic E-state index is 0.141. The summed E-state index contributed by atoms with van der Waals surface area (Å²) in [7, 11) is 0. The second-order valence-corrected chi connectivity index (χ2v) is 9.40. The standard InChI is InChI=1S/C29H32N2O6/c1-6-35-28(34)37-21-14-12-20(13-15-21)27(33)31-24-10-8-7-9-23(24)30-26(32)18-36-25-16-11-19(2)17-22(25)29(3,4)5/h7-17H,6,18H2,1-5H3,(H,30,32)(H,31,33). The molecular weight excluding hydrogens is 472 g/mol. The van der Waals surface area contributed by atoms with Gasteiger partial charge in [0.1, 0.15) is 11.5 Å². The first-order valence-corrected chi connectivity index (χ1v) is 12.0. The average molecular weight is 505 g/mol. The number of carbonyl (C=O) groups excluding carboxylic acids is 3. The van der Waals surface area contributed by atoms with Gasteiger partial charge < -0.3 is 24.8 Å². The number of aryl methyl sites for hydroxylation is 1. The first kappa shape index (κ1) is 27.3. The Balaban J connectivity index is 1.63. The van der Waals surface area contributed by atoms with E-state index in [1.807, 2.05) is 19.1 Å². The van der Waals surface area contributed by atoms with E-state index in [0.29, 0.717) is 22.7 Å². The zero-order chi connectivity index (χ0) is 27.0. The molecule has 0 unspecified atom stereocenters. The lowest BCUT2D eigenvalue weighted by Crippen LogP contribution is -2.23. The van der Waals surface area contributed by atoms with Crippen molar-refractivity contribution in [2.75, 3.05) is 23.8 Å². The summed E-state index contributed by atoms with van der Waals surface area (Å²) in [6, 6.07) is 18.8. The van der Waals surface area contributed by atoms with E-state index in [2.05, 4.69) is 37.5 Å². The summed E-state index contributed by atoms with van der Waals surface area (Å²) in [5.74, 6) is 0.161. The Kier molecular flexibility index (Phi) is 8.90. The molecular formula is C29H32N2O6. The molecule has 37 heavy (non-hydrogen) atoms.